The lowest BCUT2D eigenvalue weighted by Gasteiger charge is -2.37. The molecule has 3 aliphatic rings. The van der Waals surface area contributed by atoms with Crippen LogP contribution < -0.4 is 11.1 Å². The van der Waals surface area contributed by atoms with Gasteiger partial charge in [-0.15, -0.1) is 0 Å². The van der Waals surface area contributed by atoms with E-state index in [4.69, 9.17) is 15.2 Å². The summed E-state index contributed by atoms with van der Waals surface area (Å²) in [5, 5.41) is 27.1. The molecular weight excluding hydrogens is 504 g/mol. The van der Waals surface area contributed by atoms with E-state index in [9.17, 15) is 24.6 Å². The molecule has 2 aromatic heterocycles. The zero-order chi connectivity index (χ0) is 27.2. The Morgan fingerprint density at radius 2 is 1.82 bits per heavy atom. The van der Waals surface area contributed by atoms with Gasteiger partial charge in [-0.2, -0.15) is 0 Å². The van der Waals surface area contributed by atoms with Gasteiger partial charge in [0.2, 0.25) is 5.60 Å². The second-order valence-corrected chi connectivity index (χ2v) is 10.4. The largest absolute Gasteiger partial charge is 0.506 e. The molecule has 3 aromatic carbocycles. The first-order valence-electron chi connectivity index (χ1n) is 12.6. The van der Waals surface area contributed by atoms with E-state index in [1.165, 1.54) is 6.07 Å². The number of hydrogen-bond acceptors (Lipinski definition) is 8. The number of aliphatic hydroxyl groups is 1. The van der Waals surface area contributed by atoms with Crippen LogP contribution in [-0.4, -0.2) is 49.3 Å². The number of para-hydroxylation sites is 1. The number of esters is 1. The highest BCUT2D eigenvalue weighted by molar-refractivity contribution is 6.40. The zero-order valence-electron chi connectivity index (χ0n) is 20.9. The molecule has 0 saturated carbocycles. The number of nitrogens with one attached hydrogen (secondary N) is 1. The zero-order valence-corrected chi connectivity index (χ0v) is 20.9. The van der Waals surface area contributed by atoms with Gasteiger partial charge in [-0.25, -0.2) is 4.79 Å². The van der Waals surface area contributed by atoms with E-state index < -0.39 is 35.3 Å². The molecule has 39 heavy (non-hydrogen) atoms. The van der Waals surface area contributed by atoms with Crippen LogP contribution >= 0.6 is 0 Å². The van der Waals surface area contributed by atoms with Crippen molar-refractivity contribution in [1.82, 2.24) is 14.5 Å². The summed E-state index contributed by atoms with van der Waals surface area (Å²) >= 11 is 0. The molecule has 1 fully saturated rings. The van der Waals surface area contributed by atoms with Crippen LogP contribution in [0.1, 0.15) is 47.2 Å². The summed E-state index contributed by atoms with van der Waals surface area (Å²) in [7, 11) is 0. The van der Waals surface area contributed by atoms with E-state index in [-0.39, 0.29) is 35.6 Å². The van der Waals surface area contributed by atoms with Gasteiger partial charge in [-0.05, 0) is 32.0 Å². The summed E-state index contributed by atoms with van der Waals surface area (Å²) in [5.74, 6) is -2.20. The number of nitrogen functional groups attached to an aromatic ring is 1. The van der Waals surface area contributed by atoms with Crippen LogP contribution in [0.4, 0.5) is 5.69 Å². The lowest BCUT2D eigenvalue weighted by atomic mass is 9.88. The monoisotopic (exact) mass is 526 g/mol. The SMILES string of the molecule is CCOC(=O)[C@]1(O)C[C@H]2O[C@]1(C)n1c3ccc(O)c(N)c3c3c4c(c5c6ccccc6n2c5c31)C(=O)NC4=O. The van der Waals surface area contributed by atoms with Gasteiger partial charge in [0.25, 0.3) is 11.8 Å². The minimum absolute atomic E-state index is 0.00833. The van der Waals surface area contributed by atoms with Gasteiger partial charge < -0.3 is 34.6 Å². The fourth-order valence-corrected chi connectivity index (χ4v) is 7.04. The summed E-state index contributed by atoms with van der Waals surface area (Å²) in [6.45, 7) is 3.31. The van der Waals surface area contributed by atoms with Gasteiger partial charge in [0, 0.05) is 28.0 Å². The first-order valence-corrected chi connectivity index (χ1v) is 12.6. The summed E-state index contributed by atoms with van der Waals surface area (Å²) < 4.78 is 15.5. The fraction of sp³-hybridized carbons (Fsp3) is 0.250. The second kappa shape index (κ2) is 6.68. The van der Waals surface area contributed by atoms with Crippen LogP contribution in [0.15, 0.2) is 36.4 Å². The molecule has 8 rings (SSSR count). The Morgan fingerprint density at radius 1 is 1.10 bits per heavy atom. The Bertz CT molecular complexity index is 2040. The van der Waals surface area contributed by atoms with Gasteiger partial charge in [0.15, 0.2) is 5.72 Å². The van der Waals surface area contributed by atoms with Crippen molar-refractivity contribution in [2.24, 2.45) is 0 Å². The second-order valence-electron chi connectivity index (χ2n) is 10.4. The first-order chi connectivity index (χ1) is 18.6. The van der Waals surface area contributed by atoms with Crippen LogP contribution in [0, 0.1) is 0 Å². The van der Waals surface area contributed by atoms with E-state index in [0.29, 0.717) is 43.6 Å². The summed E-state index contributed by atoms with van der Waals surface area (Å²) in [6.07, 6.45) is -0.954. The lowest BCUT2D eigenvalue weighted by Crippen LogP contribution is -2.56. The molecule has 5 heterocycles. The average Bonchev–Trinajstić information content (AvgIpc) is 3.57. The maximum atomic E-state index is 13.4. The topological polar surface area (TPSA) is 158 Å². The van der Waals surface area contributed by atoms with E-state index in [0.717, 1.165) is 0 Å². The van der Waals surface area contributed by atoms with Gasteiger partial charge in [0.05, 0.1) is 45.5 Å². The number of aromatic nitrogens is 2. The number of anilines is 1. The molecule has 2 bridgehead atoms. The number of phenolic OH excluding ortho intramolecular Hbond substituents is 1. The standard InChI is InChI=1S/C28H22N4O7/c1-3-38-26(36)28(37)10-15-31-12-7-5-4-6-11(12)16-19-20(25(35)30-24(19)34)18-17-13(8-9-14(33)21(17)29)32(23(18)22(16)31)27(28,2)39-15/h4-9,15,33,37H,3,10,29H2,1-2H3,(H,30,34,35)/t15-,27+,28-/m1/s1. The van der Waals surface area contributed by atoms with E-state index >= 15 is 0 Å². The number of carbonyl (C=O) groups excluding carboxylic acids is 3. The Hall–Kier alpha value is -4.61. The van der Waals surface area contributed by atoms with E-state index in [2.05, 4.69) is 5.32 Å². The van der Waals surface area contributed by atoms with Crippen molar-refractivity contribution in [3.63, 3.8) is 0 Å². The number of phenols is 1. The van der Waals surface area contributed by atoms with Crippen LogP contribution in [0.5, 0.6) is 5.75 Å². The van der Waals surface area contributed by atoms with Crippen LogP contribution in [-0.2, 0) is 20.0 Å². The van der Waals surface area contributed by atoms with Crippen molar-refractivity contribution in [3.05, 3.63) is 47.5 Å². The number of aromatic hydroxyl groups is 1. The van der Waals surface area contributed by atoms with E-state index in [1.54, 1.807) is 24.5 Å². The number of ether oxygens (including phenoxy) is 2. The maximum Gasteiger partial charge on any atom is 0.343 e. The molecule has 0 unspecified atom stereocenters. The first kappa shape index (κ1) is 22.4. The number of imide groups is 1. The Kier molecular flexibility index (Phi) is 3.84. The molecular formula is C28H22N4O7. The van der Waals surface area contributed by atoms with Crippen molar-refractivity contribution in [2.45, 2.75) is 37.8 Å². The third kappa shape index (κ3) is 2.23. The van der Waals surface area contributed by atoms with Crippen LogP contribution in [0.3, 0.4) is 0 Å². The molecule has 196 valence electrons. The normalized spacial score (nSPS) is 25.3. The molecule has 3 atom stereocenters. The molecule has 3 aliphatic heterocycles. The molecule has 0 spiro atoms. The fourth-order valence-electron chi connectivity index (χ4n) is 7.04. The minimum atomic E-state index is -2.13. The number of amides is 2. The predicted molar refractivity (Wildman–Crippen MR) is 140 cm³/mol. The number of carbonyl (C=O) groups is 3. The minimum Gasteiger partial charge on any atom is -0.506 e. The van der Waals surface area contributed by atoms with Crippen molar-refractivity contribution < 1.29 is 34.1 Å². The molecule has 5 aromatic rings. The highest BCUT2D eigenvalue weighted by Gasteiger charge is 2.66. The maximum absolute atomic E-state index is 13.4. The molecule has 11 nitrogen and oxygen atoms in total. The molecule has 1 saturated heterocycles. The van der Waals surface area contributed by atoms with Crippen molar-refractivity contribution in [2.75, 3.05) is 12.3 Å². The number of nitrogens with zero attached hydrogens (tertiary/aromatic N) is 2. The quantitative estimate of drug-likeness (QED) is 0.118. The van der Waals surface area contributed by atoms with Gasteiger partial charge in [-0.1, -0.05) is 18.2 Å². The lowest BCUT2D eigenvalue weighted by molar-refractivity contribution is -0.204. The summed E-state index contributed by atoms with van der Waals surface area (Å²) in [5.41, 5.74) is 5.07. The third-order valence-corrected chi connectivity index (χ3v) is 8.65. The number of rotatable bonds is 2. The average molecular weight is 527 g/mol. The van der Waals surface area contributed by atoms with Crippen molar-refractivity contribution >= 4 is 67.1 Å². The highest BCUT2D eigenvalue weighted by atomic mass is 16.6. The molecule has 2 amide bonds. The van der Waals surface area contributed by atoms with E-state index in [1.807, 2.05) is 28.8 Å². The summed E-state index contributed by atoms with van der Waals surface area (Å²) in [6, 6.07) is 10.4. The number of nitrogens with two attached hydrogens (primary N) is 1. The summed E-state index contributed by atoms with van der Waals surface area (Å²) in [4.78, 5) is 40.1. The van der Waals surface area contributed by atoms with Crippen LogP contribution in [0.2, 0.25) is 0 Å². The van der Waals surface area contributed by atoms with Gasteiger partial charge in [-0.3, -0.25) is 14.9 Å². The highest BCUT2D eigenvalue weighted by Crippen LogP contribution is 2.58. The molecule has 5 N–H and O–H groups in total. The van der Waals surface area contributed by atoms with Crippen LogP contribution in [0.25, 0.3) is 43.6 Å². The Labute approximate surface area is 219 Å². The van der Waals surface area contributed by atoms with Crippen molar-refractivity contribution in [1.29, 1.82) is 0 Å². The Balaban J connectivity index is 1.73. The van der Waals surface area contributed by atoms with Gasteiger partial charge in [0.1, 0.15) is 12.0 Å². The predicted octanol–water partition coefficient (Wildman–Crippen LogP) is 2.97. The molecule has 11 heteroatoms. The Morgan fingerprint density at radius 3 is 2.56 bits per heavy atom. The number of hydrogen-bond donors (Lipinski definition) is 4. The van der Waals surface area contributed by atoms with Crippen molar-refractivity contribution in [3.8, 4) is 5.75 Å². The molecule has 0 aliphatic carbocycles. The molecule has 0 radical (unpaired) electrons. The van der Waals surface area contributed by atoms with Gasteiger partial charge >= 0.3 is 5.97 Å². The smallest absolute Gasteiger partial charge is 0.343 e. The number of fused-ring (bicyclic) bond motifs is 13. The third-order valence-electron chi connectivity index (χ3n) is 8.65. The number of benzene rings is 3.